The number of ether oxygens (including phenoxy) is 1. The number of carbonyl (C=O) groups excluding carboxylic acids is 1. The van der Waals surface area contributed by atoms with E-state index in [9.17, 15) is 18.0 Å². The molecule has 1 aromatic carbocycles. The lowest BCUT2D eigenvalue weighted by atomic mass is 10.0. The summed E-state index contributed by atoms with van der Waals surface area (Å²) in [6, 6.07) is 4.93. The largest absolute Gasteiger partial charge is 0.443 e. The zero-order valence-electron chi connectivity index (χ0n) is 15.0. The van der Waals surface area contributed by atoms with Crippen molar-refractivity contribution in [3.8, 4) is 11.1 Å². The molecule has 0 radical (unpaired) electrons. The molecule has 0 saturated heterocycles. The topological polar surface area (TPSA) is 47.4 Å². The Morgan fingerprint density at radius 2 is 1.92 bits per heavy atom. The highest BCUT2D eigenvalue weighted by Crippen LogP contribution is 2.38. The number of fused-ring (bicyclic) bond motifs is 1. The molecular weight excluding hydrogens is 347 g/mol. The van der Waals surface area contributed by atoms with Crippen LogP contribution in [-0.2, 0) is 24.4 Å². The molecule has 0 spiro atoms. The lowest BCUT2D eigenvalue weighted by molar-refractivity contribution is -0.140. The Morgan fingerprint density at radius 3 is 2.54 bits per heavy atom. The van der Waals surface area contributed by atoms with E-state index in [1.807, 2.05) is 0 Å². The van der Waals surface area contributed by atoms with Gasteiger partial charge in [-0.05, 0) is 50.5 Å². The summed E-state index contributed by atoms with van der Waals surface area (Å²) in [5.74, 6) is 0. The molecule has 0 saturated carbocycles. The van der Waals surface area contributed by atoms with Gasteiger partial charge < -0.3 is 4.74 Å². The lowest BCUT2D eigenvalue weighted by Crippen LogP contribution is -2.35. The Balaban J connectivity index is 1.94. The third-order valence-corrected chi connectivity index (χ3v) is 4.00. The van der Waals surface area contributed by atoms with Crippen molar-refractivity contribution in [1.82, 2.24) is 9.78 Å². The van der Waals surface area contributed by atoms with E-state index in [-0.39, 0.29) is 5.56 Å². The highest BCUT2D eigenvalue weighted by atomic mass is 19.4. The molecule has 0 unspecified atom stereocenters. The molecule has 0 aliphatic carbocycles. The van der Waals surface area contributed by atoms with Crippen molar-refractivity contribution in [2.75, 3.05) is 11.4 Å². The fourth-order valence-electron chi connectivity index (χ4n) is 2.99. The third kappa shape index (κ3) is 3.54. The number of halogens is 3. The normalized spacial score (nSPS) is 14.5. The number of anilines is 1. The summed E-state index contributed by atoms with van der Waals surface area (Å²) in [5, 5.41) is 3.54. The first-order valence-corrected chi connectivity index (χ1v) is 8.20. The van der Waals surface area contributed by atoms with Crippen LogP contribution in [0, 0.1) is 0 Å². The van der Waals surface area contributed by atoms with E-state index in [4.69, 9.17) is 4.74 Å². The molecule has 0 fully saturated rings. The first-order valence-electron chi connectivity index (χ1n) is 8.20. The molecule has 1 amide bonds. The zero-order chi connectivity index (χ0) is 19.3. The molecule has 140 valence electrons. The number of aromatic nitrogens is 2. The minimum atomic E-state index is -4.53. The summed E-state index contributed by atoms with van der Waals surface area (Å²) in [5.41, 5.74) is 0.401. The van der Waals surface area contributed by atoms with Gasteiger partial charge in [-0.25, -0.2) is 4.79 Å². The minimum Gasteiger partial charge on any atom is -0.443 e. The number of rotatable bonds is 1. The third-order valence-electron chi connectivity index (χ3n) is 4.00. The number of hydrogen-bond acceptors (Lipinski definition) is 3. The average Bonchev–Trinajstić information content (AvgIpc) is 3.07. The molecule has 0 N–H and O–H groups in total. The standard InChI is InChI=1S/C18H20F3N3O2/c1-17(2,3)26-16(25)24-8-7-12-9-11(5-6-14(12)24)13-10-23(4)22-15(13)18(19,20)21/h5-6,9-10H,7-8H2,1-4H3. The van der Waals surface area contributed by atoms with Crippen molar-refractivity contribution < 1.29 is 22.7 Å². The van der Waals surface area contributed by atoms with Gasteiger partial charge in [-0.3, -0.25) is 9.58 Å². The maximum atomic E-state index is 13.2. The highest BCUT2D eigenvalue weighted by Gasteiger charge is 2.37. The molecule has 2 heterocycles. The van der Waals surface area contributed by atoms with Crippen LogP contribution in [-0.4, -0.2) is 28.0 Å². The van der Waals surface area contributed by atoms with Crippen LogP contribution in [0.2, 0.25) is 0 Å². The van der Waals surface area contributed by atoms with Crippen molar-refractivity contribution in [1.29, 1.82) is 0 Å². The number of benzene rings is 1. The van der Waals surface area contributed by atoms with Crippen LogP contribution in [0.25, 0.3) is 11.1 Å². The minimum absolute atomic E-state index is 0.0264. The fraction of sp³-hybridized carbons (Fsp3) is 0.444. The fourth-order valence-corrected chi connectivity index (χ4v) is 2.99. The molecule has 8 heteroatoms. The van der Waals surface area contributed by atoms with Gasteiger partial charge >= 0.3 is 12.3 Å². The summed E-state index contributed by atoms with van der Waals surface area (Å²) in [6.07, 6.45) is -3.07. The first-order chi connectivity index (χ1) is 12.0. The summed E-state index contributed by atoms with van der Waals surface area (Å²) in [7, 11) is 1.45. The summed E-state index contributed by atoms with van der Waals surface area (Å²) in [4.78, 5) is 13.8. The second-order valence-corrected chi connectivity index (χ2v) is 7.29. The average molecular weight is 367 g/mol. The Morgan fingerprint density at radius 1 is 1.23 bits per heavy atom. The van der Waals surface area contributed by atoms with E-state index < -0.39 is 23.6 Å². The maximum Gasteiger partial charge on any atom is 0.435 e. The van der Waals surface area contributed by atoms with Crippen LogP contribution in [0.15, 0.2) is 24.4 Å². The van der Waals surface area contributed by atoms with E-state index in [0.717, 1.165) is 10.2 Å². The molecule has 5 nitrogen and oxygen atoms in total. The zero-order valence-corrected chi connectivity index (χ0v) is 15.0. The molecule has 0 atom stereocenters. The van der Waals surface area contributed by atoms with E-state index in [0.29, 0.717) is 24.2 Å². The Bertz CT molecular complexity index is 850. The van der Waals surface area contributed by atoms with Gasteiger partial charge in [0.05, 0.1) is 5.69 Å². The number of hydrogen-bond donors (Lipinski definition) is 0. The maximum absolute atomic E-state index is 13.2. The van der Waals surface area contributed by atoms with Gasteiger partial charge in [0.25, 0.3) is 0 Å². The first kappa shape index (κ1) is 18.3. The summed E-state index contributed by atoms with van der Waals surface area (Å²) < 4.78 is 46.1. The van der Waals surface area contributed by atoms with Gasteiger partial charge in [0.1, 0.15) is 5.60 Å². The van der Waals surface area contributed by atoms with Gasteiger partial charge in [0, 0.05) is 25.4 Å². The van der Waals surface area contributed by atoms with Gasteiger partial charge in [0.15, 0.2) is 5.69 Å². The van der Waals surface area contributed by atoms with Crippen molar-refractivity contribution in [2.24, 2.45) is 7.05 Å². The summed E-state index contributed by atoms with van der Waals surface area (Å²) in [6.45, 7) is 5.79. The number of nitrogens with zero attached hydrogens (tertiary/aromatic N) is 3. The molecule has 1 aliphatic heterocycles. The van der Waals surface area contributed by atoms with E-state index in [1.165, 1.54) is 18.1 Å². The summed E-state index contributed by atoms with van der Waals surface area (Å²) >= 11 is 0. The number of carbonyl (C=O) groups is 1. The van der Waals surface area contributed by atoms with Gasteiger partial charge in [0.2, 0.25) is 0 Å². The van der Waals surface area contributed by atoms with Gasteiger partial charge in [-0.2, -0.15) is 18.3 Å². The van der Waals surface area contributed by atoms with Gasteiger partial charge in [-0.15, -0.1) is 0 Å². The molecule has 1 aromatic heterocycles. The molecule has 2 aromatic rings. The Labute approximate surface area is 149 Å². The van der Waals surface area contributed by atoms with Crippen LogP contribution < -0.4 is 4.90 Å². The Hall–Kier alpha value is -2.51. The molecule has 26 heavy (non-hydrogen) atoms. The highest BCUT2D eigenvalue weighted by molar-refractivity contribution is 5.91. The van der Waals surface area contributed by atoms with Crippen LogP contribution in [0.5, 0.6) is 0 Å². The monoisotopic (exact) mass is 367 g/mol. The number of aryl methyl sites for hydroxylation is 1. The SMILES string of the molecule is Cn1cc(-c2ccc3c(c2)CCN3C(=O)OC(C)(C)C)c(C(F)(F)F)n1. The number of alkyl halides is 3. The van der Waals surface area contributed by atoms with E-state index in [1.54, 1.807) is 39.0 Å². The molecule has 3 rings (SSSR count). The van der Waals surface area contributed by atoms with Crippen LogP contribution in [0.1, 0.15) is 32.0 Å². The van der Waals surface area contributed by atoms with Crippen molar-refractivity contribution in [3.05, 3.63) is 35.7 Å². The van der Waals surface area contributed by atoms with Gasteiger partial charge in [-0.1, -0.05) is 6.07 Å². The predicted molar refractivity (Wildman–Crippen MR) is 90.9 cm³/mol. The quantitative estimate of drug-likeness (QED) is 0.750. The molecular formula is C18H20F3N3O2. The van der Waals surface area contributed by atoms with Crippen LogP contribution in [0.3, 0.4) is 0 Å². The Kier molecular flexibility index (Phi) is 4.24. The predicted octanol–water partition coefficient (Wildman–Crippen LogP) is 4.40. The molecule has 1 aliphatic rings. The second-order valence-electron chi connectivity index (χ2n) is 7.29. The smallest absolute Gasteiger partial charge is 0.435 e. The van der Waals surface area contributed by atoms with E-state index in [2.05, 4.69) is 5.10 Å². The van der Waals surface area contributed by atoms with Crippen LogP contribution >= 0.6 is 0 Å². The van der Waals surface area contributed by atoms with Crippen molar-refractivity contribution in [2.45, 2.75) is 39.0 Å². The second kappa shape index (κ2) is 6.03. The number of amides is 1. The van der Waals surface area contributed by atoms with Crippen molar-refractivity contribution in [3.63, 3.8) is 0 Å². The van der Waals surface area contributed by atoms with Crippen molar-refractivity contribution >= 4 is 11.8 Å². The van der Waals surface area contributed by atoms with Crippen LogP contribution in [0.4, 0.5) is 23.7 Å². The molecule has 0 bridgehead atoms. The van der Waals surface area contributed by atoms with E-state index >= 15 is 0 Å². The lowest BCUT2D eigenvalue weighted by Gasteiger charge is -2.24.